The second-order valence-electron chi connectivity index (χ2n) is 12.5. The molecule has 3 N–H and O–H groups in total. The van der Waals surface area contributed by atoms with Gasteiger partial charge in [-0.25, -0.2) is 4.98 Å². The minimum Gasteiger partial charge on any atom is -0.457 e. The number of aliphatic hydroxyl groups excluding tert-OH is 2. The summed E-state index contributed by atoms with van der Waals surface area (Å²) < 4.78 is 11.4. The molecule has 2 heterocycles. The third kappa shape index (κ3) is 7.81. The number of hydrogen-bond acceptors (Lipinski definition) is 7. The first-order valence-electron chi connectivity index (χ1n) is 15.0. The first-order chi connectivity index (χ1) is 20.6. The maximum absolute atomic E-state index is 13.6. The summed E-state index contributed by atoms with van der Waals surface area (Å²) in [5.41, 5.74) is 2.51. The van der Waals surface area contributed by atoms with Gasteiger partial charge in [-0.15, -0.1) is 11.3 Å². The molecule has 0 radical (unpaired) electrons. The number of methoxy groups -OCH3 is 1. The van der Waals surface area contributed by atoms with Gasteiger partial charge in [0.2, 0.25) is 0 Å². The van der Waals surface area contributed by atoms with E-state index in [0.29, 0.717) is 18.0 Å². The minimum absolute atomic E-state index is 0.0461. The lowest BCUT2D eigenvalue weighted by Crippen LogP contribution is -2.45. The Balaban J connectivity index is 1.42. The summed E-state index contributed by atoms with van der Waals surface area (Å²) in [6.07, 6.45) is 4.73. The highest BCUT2D eigenvalue weighted by atomic mass is 32.1. The Hall–Kier alpha value is -3.30. The molecule has 1 unspecified atom stereocenters. The molecular formula is C35H42N2O5S. The molecule has 4 aromatic rings. The number of nitrogens with one attached hydrogen (secondary N) is 1. The van der Waals surface area contributed by atoms with Gasteiger partial charge in [0.25, 0.3) is 5.91 Å². The van der Waals surface area contributed by atoms with Crippen molar-refractivity contribution in [2.45, 2.75) is 83.6 Å². The number of carbonyl (C=O) groups is 1. The molecule has 2 aromatic carbocycles. The standard InChI is InChI=1S/C35H42N2O5S/c1-35(2,3)24-10-13-25(14-11-24)42-26-12-9-23-18-31(36-30(29(23)19-26)17-22-7-5-6-8-22)33(39)37-32(34(40)41-4)20-27-15-16-28(21-38)43-27/h9-16,18-19,22,32,34,38,40H,5-8,17,20-21H2,1-4H3,(H,37,39)/t32-,34?/m0/s1. The summed E-state index contributed by atoms with van der Waals surface area (Å²) >= 11 is 1.44. The molecule has 43 heavy (non-hydrogen) atoms. The average molecular weight is 603 g/mol. The van der Waals surface area contributed by atoms with Crippen molar-refractivity contribution in [2.75, 3.05) is 7.11 Å². The Morgan fingerprint density at radius 3 is 2.37 bits per heavy atom. The topological polar surface area (TPSA) is 101 Å². The van der Waals surface area contributed by atoms with Crippen LogP contribution < -0.4 is 10.1 Å². The second kappa shape index (κ2) is 13.6. The van der Waals surface area contributed by atoms with Crippen LogP contribution in [0.4, 0.5) is 0 Å². The van der Waals surface area contributed by atoms with Crippen LogP contribution in [0.2, 0.25) is 0 Å². The molecule has 1 aliphatic carbocycles. The van der Waals surface area contributed by atoms with Gasteiger partial charge >= 0.3 is 0 Å². The lowest BCUT2D eigenvalue weighted by molar-refractivity contribution is -0.0946. The van der Waals surface area contributed by atoms with Crippen molar-refractivity contribution in [1.82, 2.24) is 10.3 Å². The van der Waals surface area contributed by atoms with Crippen LogP contribution in [0.25, 0.3) is 10.8 Å². The lowest BCUT2D eigenvalue weighted by atomic mass is 9.87. The highest BCUT2D eigenvalue weighted by Crippen LogP contribution is 2.33. The van der Waals surface area contributed by atoms with E-state index >= 15 is 0 Å². The van der Waals surface area contributed by atoms with Crippen LogP contribution in [0.1, 0.15) is 78.0 Å². The number of thiophene rings is 1. The summed E-state index contributed by atoms with van der Waals surface area (Å²) in [6.45, 7) is 6.53. The maximum atomic E-state index is 13.6. The predicted octanol–water partition coefficient (Wildman–Crippen LogP) is 6.92. The molecule has 1 fully saturated rings. The third-order valence-corrected chi connectivity index (χ3v) is 9.32. The van der Waals surface area contributed by atoms with Crippen LogP contribution in [0.15, 0.2) is 60.7 Å². The van der Waals surface area contributed by atoms with Gasteiger partial charge in [0.1, 0.15) is 17.2 Å². The van der Waals surface area contributed by atoms with Crippen LogP contribution in [-0.4, -0.2) is 40.5 Å². The molecule has 0 bridgehead atoms. The van der Waals surface area contributed by atoms with Gasteiger partial charge in [-0.2, -0.15) is 0 Å². The molecule has 7 nitrogen and oxygen atoms in total. The van der Waals surface area contributed by atoms with Crippen molar-refractivity contribution in [3.8, 4) is 11.5 Å². The van der Waals surface area contributed by atoms with E-state index in [-0.39, 0.29) is 17.9 Å². The molecule has 1 amide bonds. The van der Waals surface area contributed by atoms with E-state index < -0.39 is 12.3 Å². The molecule has 1 aliphatic rings. The van der Waals surface area contributed by atoms with E-state index in [4.69, 9.17) is 14.5 Å². The molecule has 5 rings (SSSR count). The van der Waals surface area contributed by atoms with Crippen molar-refractivity contribution < 1.29 is 24.5 Å². The van der Waals surface area contributed by atoms with Gasteiger partial charge in [-0.1, -0.05) is 64.7 Å². The average Bonchev–Trinajstić information content (AvgIpc) is 3.68. The van der Waals surface area contributed by atoms with Crippen LogP contribution >= 0.6 is 11.3 Å². The summed E-state index contributed by atoms with van der Waals surface area (Å²) in [4.78, 5) is 20.2. The molecule has 2 aromatic heterocycles. The van der Waals surface area contributed by atoms with Crippen molar-refractivity contribution in [2.24, 2.45) is 5.92 Å². The van der Waals surface area contributed by atoms with E-state index in [9.17, 15) is 15.0 Å². The van der Waals surface area contributed by atoms with E-state index in [1.807, 2.05) is 42.5 Å². The number of pyridine rings is 1. The van der Waals surface area contributed by atoms with Crippen LogP contribution in [0.5, 0.6) is 11.5 Å². The number of ether oxygens (including phenoxy) is 2. The number of amides is 1. The smallest absolute Gasteiger partial charge is 0.270 e. The normalized spacial score (nSPS) is 15.5. The Bertz CT molecular complexity index is 1540. The number of hydrogen-bond donors (Lipinski definition) is 3. The summed E-state index contributed by atoms with van der Waals surface area (Å²) in [5.74, 6) is 1.66. The highest BCUT2D eigenvalue weighted by molar-refractivity contribution is 7.11. The Morgan fingerprint density at radius 2 is 1.72 bits per heavy atom. The molecule has 8 heteroatoms. The van der Waals surface area contributed by atoms with Gasteiger partial charge in [0.15, 0.2) is 6.29 Å². The van der Waals surface area contributed by atoms with Crippen molar-refractivity contribution in [3.05, 3.63) is 87.4 Å². The first kappa shape index (κ1) is 31.1. The van der Waals surface area contributed by atoms with E-state index in [0.717, 1.165) is 57.0 Å². The van der Waals surface area contributed by atoms with Gasteiger partial charge < -0.3 is 25.0 Å². The Morgan fingerprint density at radius 1 is 1.02 bits per heavy atom. The van der Waals surface area contributed by atoms with Crippen LogP contribution in [0, 0.1) is 5.92 Å². The fraction of sp³-hybridized carbons (Fsp3) is 0.429. The highest BCUT2D eigenvalue weighted by Gasteiger charge is 2.25. The number of nitrogens with zero attached hydrogens (tertiary/aromatic N) is 1. The summed E-state index contributed by atoms with van der Waals surface area (Å²) in [6, 6.07) is 19.0. The first-order valence-corrected chi connectivity index (χ1v) is 15.9. The second-order valence-corrected chi connectivity index (χ2v) is 13.8. The summed E-state index contributed by atoms with van der Waals surface area (Å²) in [5, 5.41) is 24.8. The maximum Gasteiger partial charge on any atom is 0.270 e. The molecule has 0 saturated heterocycles. The lowest BCUT2D eigenvalue weighted by Gasteiger charge is -2.23. The molecule has 2 atom stereocenters. The molecular weight excluding hydrogens is 560 g/mol. The number of carbonyl (C=O) groups excluding carboxylic acids is 1. The Labute approximate surface area is 257 Å². The predicted molar refractivity (Wildman–Crippen MR) is 171 cm³/mol. The molecule has 0 aliphatic heterocycles. The van der Waals surface area contributed by atoms with E-state index in [1.165, 1.54) is 36.9 Å². The molecule has 1 saturated carbocycles. The fourth-order valence-electron chi connectivity index (χ4n) is 5.74. The number of rotatable bonds is 11. The summed E-state index contributed by atoms with van der Waals surface area (Å²) in [7, 11) is 1.41. The quantitative estimate of drug-likeness (QED) is 0.161. The van der Waals surface area contributed by atoms with Crippen LogP contribution in [0.3, 0.4) is 0 Å². The third-order valence-electron chi connectivity index (χ3n) is 8.23. The Kier molecular flexibility index (Phi) is 9.82. The van der Waals surface area contributed by atoms with E-state index in [2.05, 4.69) is 38.2 Å². The van der Waals surface area contributed by atoms with Crippen molar-refractivity contribution >= 4 is 28.0 Å². The molecule has 228 valence electrons. The number of aliphatic hydroxyl groups is 2. The van der Waals surface area contributed by atoms with Gasteiger partial charge in [0, 0.05) is 34.4 Å². The number of benzene rings is 2. The fourth-order valence-corrected chi connectivity index (χ4v) is 6.68. The number of aromatic nitrogens is 1. The van der Waals surface area contributed by atoms with Crippen LogP contribution in [-0.2, 0) is 29.6 Å². The zero-order chi connectivity index (χ0) is 30.6. The van der Waals surface area contributed by atoms with Crippen molar-refractivity contribution in [1.29, 1.82) is 0 Å². The van der Waals surface area contributed by atoms with Gasteiger partial charge in [-0.3, -0.25) is 4.79 Å². The van der Waals surface area contributed by atoms with Gasteiger partial charge in [-0.05, 0) is 71.2 Å². The van der Waals surface area contributed by atoms with Crippen molar-refractivity contribution in [3.63, 3.8) is 0 Å². The minimum atomic E-state index is -1.20. The van der Waals surface area contributed by atoms with E-state index in [1.54, 1.807) is 6.07 Å². The molecule has 0 spiro atoms. The monoisotopic (exact) mass is 602 g/mol. The SMILES string of the molecule is COC(O)[C@H](Cc1ccc(CO)s1)NC(=O)c1cc2ccc(Oc3ccc(C(C)(C)C)cc3)cc2c(CC2CCCC2)n1. The van der Waals surface area contributed by atoms with Gasteiger partial charge in [0.05, 0.1) is 12.6 Å². The zero-order valence-electron chi connectivity index (χ0n) is 25.4. The largest absolute Gasteiger partial charge is 0.457 e. The zero-order valence-corrected chi connectivity index (χ0v) is 26.2. The number of fused-ring (bicyclic) bond motifs is 1.